The Balaban J connectivity index is 1.72. The van der Waals surface area contributed by atoms with Crippen LogP contribution in [0, 0.1) is 6.92 Å². The molecule has 1 aromatic carbocycles. The molecule has 1 aliphatic rings. The van der Waals surface area contributed by atoms with Gasteiger partial charge in [-0.05, 0) is 49.9 Å². The second kappa shape index (κ2) is 7.53. The summed E-state index contributed by atoms with van der Waals surface area (Å²) < 4.78 is 5.25. The average molecular weight is 340 g/mol. The second-order valence-corrected chi connectivity index (χ2v) is 6.33. The molecule has 0 bridgehead atoms. The monoisotopic (exact) mass is 340 g/mol. The van der Waals surface area contributed by atoms with Crippen molar-refractivity contribution in [3.05, 3.63) is 47.7 Å². The summed E-state index contributed by atoms with van der Waals surface area (Å²) >= 11 is 0. The number of hydrogen-bond acceptors (Lipinski definition) is 5. The molecule has 1 fully saturated rings. The third-order valence-corrected chi connectivity index (χ3v) is 4.49. The number of aromatic nitrogens is 1. The van der Waals surface area contributed by atoms with Gasteiger partial charge in [0.25, 0.3) is 5.91 Å². The van der Waals surface area contributed by atoms with Crippen molar-refractivity contribution in [1.82, 2.24) is 9.88 Å². The van der Waals surface area contributed by atoms with Gasteiger partial charge in [0.15, 0.2) is 0 Å². The molecule has 1 amide bonds. The zero-order valence-electron chi connectivity index (χ0n) is 15.0. The first-order valence-corrected chi connectivity index (χ1v) is 8.42. The minimum absolute atomic E-state index is 0.137. The van der Waals surface area contributed by atoms with Crippen LogP contribution in [0.3, 0.4) is 0 Å². The first-order valence-electron chi connectivity index (χ1n) is 8.42. The van der Waals surface area contributed by atoms with Crippen molar-refractivity contribution in [2.45, 2.75) is 6.92 Å². The summed E-state index contributed by atoms with van der Waals surface area (Å²) in [6, 6.07) is 9.20. The van der Waals surface area contributed by atoms with Crippen LogP contribution in [0.4, 0.5) is 11.5 Å². The lowest BCUT2D eigenvalue weighted by atomic mass is 10.2. The van der Waals surface area contributed by atoms with Gasteiger partial charge in [0.05, 0.1) is 7.11 Å². The van der Waals surface area contributed by atoms with Crippen LogP contribution in [-0.4, -0.2) is 56.1 Å². The normalized spacial score (nSPS) is 15.1. The van der Waals surface area contributed by atoms with E-state index in [0.717, 1.165) is 49.0 Å². The number of carbonyl (C=O) groups is 1. The van der Waals surface area contributed by atoms with Gasteiger partial charge in [0.2, 0.25) is 0 Å². The molecule has 1 saturated heterocycles. The molecule has 0 spiro atoms. The molecular formula is C19H24N4O2. The fourth-order valence-electron chi connectivity index (χ4n) is 2.93. The lowest BCUT2D eigenvalue weighted by molar-refractivity contribution is 0.102. The van der Waals surface area contributed by atoms with Gasteiger partial charge in [-0.3, -0.25) is 4.79 Å². The Morgan fingerprint density at radius 1 is 1.16 bits per heavy atom. The van der Waals surface area contributed by atoms with Gasteiger partial charge >= 0.3 is 0 Å². The number of benzene rings is 1. The van der Waals surface area contributed by atoms with Gasteiger partial charge in [0, 0.05) is 43.6 Å². The number of hydrogen-bond donors (Lipinski definition) is 1. The Kier molecular flexibility index (Phi) is 5.19. The molecule has 132 valence electrons. The van der Waals surface area contributed by atoms with Crippen LogP contribution in [-0.2, 0) is 0 Å². The number of nitrogens with one attached hydrogen (secondary N) is 1. The molecule has 1 aromatic heterocycles. The van der Waals surface area contributed by atoms with Crippen LogP contribution in [0.1, 0.15) is 15.9 Å². The highest BCUT2D eigenvalue weighted by atomic mass is 16.5. The second-order valence-electron chi connectivity index (χ2n) is 6.33. The number of piperazine rings is 1. The zero-order valence-corrected chi connectivity index (χ0v) is 15.0. The number of carbonyl (C=O) groups excluding carboxylic acids is 1. The van der Waals surface area contributed by atoms with Gasteiger partial charge in [-0.2, -0.15) is 0 Å². The number of amides is 1. The predicted molar refractivity (Wildman–Crippen MR) is 99.6 cm³/mol. The minimum Gasteiger partial charge on any atom is -0.496 e. The number of aryl methyl sites for hydroxylation is 1. The molecule has 6 heteroatoms. The van der Waals surface area contributed by atoms with Crippen molar-refractivity contribution in [3.63, 3.8) is 0 Å². The minimum atomic E-state index is -0.137. The van der Waals surface area contributed by atoms with Crippen LogP contribution in [0.5, 0.6) is 5.75 Å². The molecule has 3 rings (SSSR count). The largest absolute Gasteiger partial charge is 0.496 e. The van der Waals surface area contributed by atoms with E-state index < -0.39 is 0 Å². The van der Waals surface area contributed by atoms with Crippen molar-refractivity contribution in [2.75, 3.05) is 50.6 Å². The summed E-state index contributed by atoms with van der Waals surface area (Å²) in [4.78, 5) is 21.5. The third-order valence-electron chi connectivity index (χ3n) is 4.49. The standard InChI is InChI=1S/C19H24N4O2/c1-14-12-16(4-5-17(14)25-3)21-19(24)15-6-7-20-18(13-15)23-10-8-22(2)9-11-23/h4-7,12-13H,8-11H2,1-3H3,(H,21,24). The Bertz CT molecular complexity index is 755. The number of ether oxygens (including phenoxy) is 1. The van der Waals surface area contributed by atoms with E-state index in [4.69, 9.17) is 4.74 Å². The Hall–Kier alpha value is -2.60. The van der Waals surface area contributed by atoms with Crippen LogP contribution < -0.4 is 15.0 Å². The Morgan fingerprint density at radius 3 is 2.60 bits per heavy atom. The summed E-state index contributed by atoms with van der Waals surface area (Å²) in [6.07, 6.45) is 1.70. The molecule has 2 aromatic rings. The van der Waals surface area contributed by atoms with Gasteiger partial charge in [-0.15, -0.1) is 0 Å². The highest BCUT2D eigenvalue weighted by molar-refractivity contribution is 6.04. The number of nitrogens with zero attached hydrogens (tertiary/aromatic N) is 3. The van der Waals surface area contributed by atoms with E-state index in [1.807, 2.05) is 31.2 Å². The first-order chi connectivity index (χ1) is 12.1. The van der Waals surface area contributed by atoms with Crippen LogP contribution in [0.25, 0.3) is 0 Å². The summed E-state index contributed by atoms with van der Waals surface area (Å²) in [5, 5.41) is 2.94. The topological polar surface area (TPSA) is 57.7 Å². The number of anilines is 2. The van der Waals surface area contributed by atoms with Gasteiger partial charge in [-0.25, -0.2) is 4.98 Å². The van der Waals surface area contributed by atoms with Crippen LogP contribution in [0.15, 0.2) is 36.5 Å². The number of rotatable bonds is 4. The molecule has 0 aliphatic carbocycles. The van der Waals surface area contributed by atoms with E-state index >= 15 is 0 Å². The fourth-order valence-corrected chi connectivity index (χ4v) is 2.93. The molecule has 1 N–H and O–H groups in total. The molecule has 25 heavy (non-hydrogen) atoms. The van der Waals surface area contributed by atoms with Gasteiger partial charge in [-0.1, -0.05) is 0 Å². The Morgan fingerprint density at radius 2 is 1.92 bits per heavy atom. The molecule has 1 aliphatic heterocycles. The fraction of sp³-hybridized carbons (Fsp3) is 0.368. The smallest absolute Gasteiger partial charge is 0.255 e. The third kappa shape index (κ3) is 4.09. The summed E-state index contributed by atoms with van der Waals surface area (Å²) in [6.45, 7) is 5.80. The summed E-state index contributed by atoms with van der Waals surface area (Å²) in [7, 11) is 3.75. The average Bonchev–Trinajstić information content (AvgIpc) is 2.62. The molecule has 6 nitrogen and oxygen atoms in total. The van der Waals surface area contributed by atoms with Crippen LogP contribution >= 0.6 is 0 Å². The molecular weight excluding hydrogens is 316 g/mol. The van der Waals surface area contributed by atoms with E-state index in [1.165, 1.54) is 0 Å². The zero-order chi connectivity index (χ0) is 17.8. The summed E-state index contributed by atoms with van der Waals surface area (Å²) in [5.41, 5.74) is 2.34. The molecule has 2 heterocycles. The summed E-state index contributed by atoms with van der Waals surface area (Å²) in [5.74, 6) is 1.52. The van der Waals surface area contributed by atoms with Crippen molar-refractivity contribution in [1.29, 1.82) is 0 Å². The van der Waals surface area contributed by atoms with E-state index in [0.29, 0.717) is 5.56 Å². The maximum atomic E-state index is 12.6. The SMILES string of the molecule is COc1ccc(NC(=O)c2ccnc(N3CCN(C)CC3)c2)cc1C. The van der Waals surface area contributed by atoms with Gasteiger partial charge in [0.1, 0.15) is 11.6 Å². The number of methoxy groups -OCH3 is 1. The lowest BCUT2D eigenvalue weighted by Crippen LogP contribution is -2.44. The van der Waals surface area contributed by atoms with Crippen molar-refractivity contribution in [3.8, 4) is 5.75 Å². The predicted octanol–water partition coefficient (Wildman–Crippen LogP) is 2.40. The first kappa shape index (κ1) is 17.2. The van der Waals surface area contributed by atoms with E-state index in [1.54, 1.807) is 19.4 Å². The van der Waals surface area contributed by atoms with E-state index in [9.17, 15) is 4.79 Å². The number of pyridine rings is 1. The lowest BCUT2D eigenvalue weighted by Gasteiger charge is -2.33. The molecule has 0 radical (unpaired) electrons. The van der Waals surface area contributed by atoms with Gasteiger partial charge < -0.3 is 19.9 Å². The van der Waals surface area contributed by atoms with Crippen LogP contribution in [0.2, 0.25) is 0 Å². The molecule has 0 saturated carbocycles. The molecule has 0 unspecified atom stereocenters. The maximum absolute atomic E-state index is 12.6. The Labute approximate surface area is 148 Å². The quantitative estimate of drug-likeness (QED) is 0.926. The van der Waals surface area contributed by atoms with Crippen molar-refractivity contribution < 1.29 is 9.53 Å². The molecule has 0 atom stereocenters. The van der Waals surface area contributed by atoms with Crippen molar-refractivity contribution >= 4 is 17.4 Å². The van der Waals surface area contributed by atoms with E-state index in [-0.39, 0.29) is 5.91 Å². The maximum Gasteiger partial charge on any atom is 0.255 e. The van der Waals surface area contributed by atoms with Crippen molar-refractivity contribution in [2.24, 2.45) is 0 Å². The highest BCUT2D eigenvalue weighted by Gasteiger charge is 2.17. The highest BCUT2D eigenvalue weighted by Crippen LogP contribution is 2.22. The number of likely N-dealkylation sites (N-methyl/N-ethyl adjacent to an activating group) is 1. The van der Waals surface area contributed by atoms with E-state index in [2.05, 4.69) is 27.1 Å².